The Hall–Kier alpha value is -2.88. The van der Waals surface area contributed by atoms with Gasteiger partial charge in [-0.1, -0.05) is 18.7 Å². The van der Waals surface area contributed by atoms with Gasteiger partial charge in [0.1, 0.15) is 11.5 Å². The van der Waals surface area contributed by atoms with Crippen LogP contribution in [-0.2, 0) is 4.79 Å². The summed E-state index contributed by atoms with van der Waals surface area (Å²) in [6, 6.07) is 12.4. The maximum atomic E-state index is 12.2. The first-order valence-corrected chi connectivity index (χ1v) is 6.29. The van der Waals surface area contributed by atoms with E-state index in [0.717, 1.165) is 0 Å². The van der Waals surface area contributed by atoms with E-state index in [1.54, 1.807) is 25.1 Å². The molecule has 2 rings (SSSR count). The van der Waals surface area contributed by atoms with Crippen molar-refractivity contribution in [2.24, 2.45) is 0 Å². The Labute approximate surface area is 122 Å². The molecule has 0 aliphatic rings. The maximum Gasteiger partial charge on any atom is 0.338 e. The molecular weight excluding hydrogens is 268 g/mol. The molecule has 2 aromatic rings. The minimum atomic E-state index is -0.519. The summed E-state index contributed by atoms with van der Waals surface area (Å²) in [5, 5.41) is 9.68. The van der Waals surface area contributed by atoms with E-state index < -0.39 is 5.97 Å². The number of esters is 1. The molecule has 0 aliphatic heterocycles. The predicted octanol–water partition coefficient (Wildman–Crippen LogP) is 3.10. The van der Waals surface area contributed by atoms with Crippen LogP contribution in [0.25, 0.3) is 0 Å². The van der Waals surface area contributed by atoms with E-state index in [4.69, 9.17) is 4.74 Å². The van der Waals surface area contributed by atoms with E-state index >= 15 is 0 Å². The minimum Gasteiger partial charge on any atom is -0.507 e. The summed E-state index contributed by atoms with van der Waals surface area (Å²) in [4.78, 5) is 23.6. The van der Waals surface area contributed by atoms with Crippen molar-refractivity contribution < 1.29 is 19.4 Å². The van der Waals surface area contributed by atoms with Crippen LogP contribution >= 0.6 is 0 Å². The summed E-state index contributed by atoms with van der Waals surface area (Å²) in [6.45, 7) is 5.04. The Morgan fingerprint density at radius 2 is 1.67 bits per heavy atom. The summed E-state index contributed by atoms with van der Waals surface area (Å²) >= 11 is 0. The fourth-order valence-electron chi connectivity index (χ4n) is 1.69. The van der Waals surface area contributed by atoms with E-state index in [1.165, 1.54) is 30.3 Å². The largest absolute Gasteiger partial charge is 0.507 e. The topological polar surface area (TPSA) is 63.6 Å². The Bertz CT molecular complexity index is 699. The fourth-order valence-corrected chi connectivity index (χ4v) is 1.69. The van der Waals surface area contributed by atoms with E-state index in [0.29, 0.717) is 16.9 Å². The molecule has 0 amide bonds. The molecule has 4 nitrogen and oxygen atoms in total. The van der Waals surface area contributed by atoms with Crippen LogP contribution in [0.5, 0.6) is 11.5 Å². The number of hydrogen-bond acceptors (Lipinski definition) is 4. The first-order valence-electron chi connectivity index (χ1n) is 6.29. The van der Waals surface area contributed by atoms with Crippen LogP contribution in [0.2, 0.25) is 0 Å². The molecule has 0 unspecified atom stereocenters. The van der Waals surface area contributed by atoms with Crippen molar-refractivity contribution in [2.75, 3.05) is 0 Å². The molecule has 106 valence electrons. The number of rotatable bonds is 4. The van der Waals surface area contributed by atoms with Gasteiger partial charge in [-0.25, -0.2) is 4.79 Å². The zero-order valence-electron chi connectivity index (χ0n) is 11.5. The second-order valence-electron chi connectivity index (χ2n) is 4.54. The number of carbonyl (C=O) groups excluding carboxylic acids is 2. The highest BCUT2D eigenvalue weighted by molar-refractivity contribution is 6.10. The van der Waals surface area contributed by atoms with Crippen molar-refractivity contribution in [3.63, 3.8) is 0 Å². The van der Waals surface area contributed by atoms with E-state index in [2.05, 4.69) is 6.58 Å². The van der Waals surface area contributed by atoms with Crippen molar-refractivity contribution in [1.29, 1.82) is 0 Å². The van der Waals surface area contributed by atoms with Crippen LogP contribution in [0.4, 0.5) is 0 Å². The SMILES string of the molecule is C=C(C)C(=O)Oc1ccc(C(=O)c2ccccc2O)cc1. The van der Waals surface area contributed by atoms with Gasteiger partial charge in [-0.05, 0) is 43.3 Å². The van der Waals surface area contributed by atoms with Gasteiger partial charge in [-0.2, -0.15) is 0 Å². The lowest BCUT2D eigenvalue weighted by Gasteiger charge is -2.06. The van der Waals surface area contributed by atoms with Crippen LogP contribution in [0.1, 0.15) is 22.8 Å². The number of phenols is 1. The van der Waals surface area contributed by atoms with E-state index in [9.17, 15) is 14.7 Å². The van der Waals surface area contributed by atoms with Crippen LogP contribution < -0.4 is 4.74 Å². The minimum absolute atomic E-state index is 0.0692. The number of carbonyl (C=O) groups is 2. The standard InChI is InChI=1S/C17H14O4/c1-11(2)17(20)21-13-9-7-12(8-10-13)16(19)14-5-3-4-6-15(14)18/h3-10,18H,1H2,2H3. The molecule has 0 atom stereocenters. The molecule has 0 saturated heterocycles. The van der Waals surface area contributed by atoms with Crippen molar-refractivity contribution in [3.05, 3.63) is 71.8 Å². The lowest BCUT2D eigenvalue weighted by molar-refractivity contribution is -0.130. The van der Waals surface area contributed by atoms with Crippen molar-refractivity contribution in [2.45, 2.75) is 6.92 Å². The Kier molecular flexibility index (Phi) is 4.18. The number of ketones is 1. The van der Waals surface area contributed by atoms with Gasteiger partial charge in [0.25, 0.3) is 0 Å². The molecule has 0 aliphatic carbocycles. The number of hydrogen-bond donors (Lipinski definition) is 1. The summed E-state index contributed by atoms with van der Waals surface area (Å²) in [7, 11) is 0. The third-order valence-electron chi connectivity index (χ3n) is 2.82. The summed E-state index contributed by atoms with van der Waals surface area (Å²) in [5.74, 6) is -0.558. The van der Waals surface area contributed by atoms with Crippen LogP contribution in [-0.4, -0.2) is 16.9 Å². The van der Waals surface area contributed by atoms with Gasteiger partial charge >= 0.3 is 5.97 Å². The molecule has 0 bridgehead atoms. The van der Waals surface area contributed by atoms with Crippen LogP contribution in [0.15, 0.2) is 60.7 Å². The van der Waals surface area contributed by atoms with Crippen molar-refractivity contribution in [3.8, 4) is 11.5 Å². The van der Waals surface area contributed by atoms with Crippen LogP contribution in [0.3, 0.4) is 0 Å². The van der Waals surface area contributed by atoms with Gasteiger partial charge in [0, 0.05) is 11.1 Å². The molecule has 0 aromatic heterocycles. The zero-order chi connectivity index (χ0) is 15.4. The number of benzene rings is 2. The van der Waals surface area contributed by atoms with Crippen LogP contribution in [0, 0.1) is 0 Å². The molecule has 0 spiro atoms. The molecule has 0 fully saturated rings. The van der Waals surface area contributed by atoms with Gasteiger partial charge in [0.2, 0.25) is 0 Å². The molecule has 0 heterocycles. The normalized spacial score (nSPS) is 9.95. The number of para-hydroxylation sites is 1. The maximum absolute atomic E-state index is 12.2. The predicted molar refractivity (Wildman–Crippen MR) is 78.4 cm³/mol. The second-order valence-corrected chi connectivity index (χ2v) is 4.54. The van der Waals surface area contributed by atoms with Gasteiger partial charge in [0.15, 0.2) is 5.78 Å². The lowest BCUT2D eigenvalue weighted by atomic mass is 10.0. The van der Waals surface area contributed by atoms with Gasteiger partial charge in [-0.3, -0.25) is 4.79 Å². The summed E-state index contributed by atoms with van der Waals surface area (Å²) in [5.41, 5.74) is 0.917. The lowest BCUT2D eigenvalue weighted by Crippen LogP contribution is -2.08. The molecule has 1 N–H and O–H groups in total. The molecule has 4 heteroatoms. The first kappa shape index (κ1) is 14.5. The van der Waals surface area contributed by atoms with Gasteiger partial charge < -0.3 is 9.84 Å². The number of aromatic hydroxyl groups is 1. The Balaban J connectivity index is 2.19. The van der Waals surface area contributed by atoms with Gasteiger partial charge in [0.05, 0.1) is 5.56 Å². The van der Waals surface area contributed by atoms with E-state index in [1.807, 2.05) is 0 Å². The number of phenolic OH excluding ortho intramolecular Hbond substituents is 1. The number of ether oxygens (including phenoxy) is 1. The summed E-state index contributed by atoms with van der Waals surface area (Å²) < 4.78 is 5.04. The molecule has 21 heavy (non-hydrogen) atoms. The highest BCUT2D eigenvalue weighted by atomic mass is 16.5. The third kappa shape index (κ3) is 3.36. The highest BCUT2D eigenvalue weighted by Gasteiger charge is 2.13. The van der Waals surface area contributed by atoms with E-state index in [-0.39, 0.29) is 17.1 Å². The fraction of sp³-hybridized carbons (Fsp3) is 0.0588. The third-order valence-corrected chi connectivity index (χ3v) is 2.82. The average Bonchev–Trinajstić information content (AvgIpc) is 2.47. The average molecular weight is 282 g/mol. The summed E-state index contributed by atoms with van der Waals surface area (Å²) in [6.07, 6.45) is 0. The highest BCUT2D eigenvalue weighted by Crippen LogP contribution is 2.21. The second kappa shape index (κ2) is 6.05. The zero-order valence-corrected chi connectivity index (χ0v) is 11.5. The molecule has 2 aromatic carbocycles. The molecule has 0 saturated carbocycles. The van der Waals surface area contributed by atoms with Crippen molar-refractivity contribution in [1.82, 2.24) is 0 Å². The first-order chi connectivity index (χ1) is 9.99. The molecular formula is C17H14O4. The Morgan fingerprint density at radius 1 is 1.05 bits per heavy atom. The monoisotopic (exact) mass is 282 g/mol. The molecule has 0 radical (unpaired) electrons. The Morgan fingerprint density at radius 3 is 2.24 bits per heavy atom. The quantitative estimate of drug-likeness (QED) is 0.405. The smallest absolute Gasteiger partial charge is 0.338 e. The van der Waals surface area contributed by atoms with Gasteiger partial charge in [-0.15, -0.1) is 0 Å². The van der Waals surface area contributed by atoms with Crippen molar-refractivity contribution >= 4 is 11.8 Å².